The molecule has 9 heteroatoms. The van der Waals surface area contributed by atoms with Gasteiger partial charge in [0, 0.05) is 37.9 Å². The molecule has 0 spiro atoms. The van der Waals surface area contributed by atoms with Crippen LogP contribution < -0.4 is 10.1 Å². The van der Waals surface area contributed by atoms with Crippen molar-refractivity contribution in [3.05, 3.63) is 48.3 Å². The van der Waals surface area contributed by atoms with E-state index in [1.54, 1.807) is 44.0 Å². The van der Waals surface area contributed by atoms with E-state index in [4.69, 9.17) is 14.5 Å². The van der Waals surface area contributed by atoms with Crippen molar-refractivity contribution in [2.75, 3.05) is 25.6 Å². The van der Waals surface area contributed by atoms with Crippen LogP contribution in [0.1, 0.15) is 34.9 Å². The Balaban J connectivity index is 1.66. The summed E-state index contributed by atoms with van der Waals surface area (Å²) in [6.07, 6.45) is 6.65. The van der Waals surface area contributed by atoms with Gasteiger partial charge in [0.05, 0.1) is 31.5 Å². The first-order valence-electron chi connectivity index (χ1n) is 9.39. The number of rotatable bonds is 5. The van der Waals surface area contributed by atoms with Crippen molar-refractivity contribution in [3.8, 4) is 17.4 Å². The van der Waals surface area contributed by atoms with Gasteiger partial charge >= 0.3 is 0 Å². The summed E-state index contributed by atoms with van der Waals surface area (Å²) in [5.74, 6) is 0.862. The SMILES string of the molecule is COc1ccc(NC(=O)c2cc(C3CCOCC3)nc(-c3cncn3C)n2)cn1. The minimum Gasteiger partial charge on any atom is -0.481 e. The van der Waals surface area contributed by atoms with Gasteiger partial charge in [-0.15, -0.1) is 0 Å². The fraction of sp³-hybridized carbons (Fsp3) is 0.350. The van der Waals surface area contributed by atoms with E-state index in [9.17, 15) is 4.79 Å². The first-order valence-corrected chi connectivity index (χ1v) is 9.39. The number of carbonyl (C=O) groups excluding carboxylic acids is 1. The first kappa shape index (κ1) is 19.0. The Kier molecular flexibility index (Phi) is 5.48. The van der Waals surface area contributed by atoms with Gasteiger partial charge in [-0.2, -0.15) is 0 Å². The topological polar surface area (TPSA) is 104 Å². The standard InChI is InChI=1S/C20H22N6O3/c1-26-12-21-11-17(26)19-24-15(13-5-7-29-8-6-13)9-16(25-19)20(27)23-14-3-4-18(28-2)22-10-14/h3-4,9-13H,5-8H2,1-2H3,(H,23,27). The van der Waals surface area contributed by atoms with Crippen LogP contribution in [0.4, 0.5) is 5.69 Å². The lowest BCUT2D eigenvalue weighted by Gasteiger charge is -2.22. The second kappa shape index (κ2) is 8.36. The molecule has 4 heterocycles. The Morgan fingerprint density at radius 2 is 2.07 bits per heavy atom. The Labute approximate surface area is 168 Å². The summed E-state index contributed by atoms with van der Waals surface area (Å²) in [5.41, 5.74) is 2.45. The Morgan fingerprint density at radius 1 is 1.24 bits per heavy atom. The van der Waals surface area contributed by atoms with Gasteiger partial charge in [-0.3, -0.25) is 4.79 Å². The lowest BCUT2D eigenvalue weighted by atomic mass is 9.95. The molecule has 0 bridgehead atoms. The molecule has 1 aliphatic heterocycles. The van der Waals surface area contributed by atoms with Crippen LogP contribution >= 0.6 is 0 Å². The number of pyridine rings is 1. The van der Waals surface area contributed by atoms with Crippen LogP contribution in [0, 0.1) is 0 Å². The summed E-state index contributed by atoms with van der Waals surface area (Å²) in [6, 6.07) is 5.18. The number of aromatic nitrogens is 5. The molecule has 1 amide bonds. The smallest absolute Gasteiger partial charge is 0.274 e. The molecule has 3 aromatic heterocycles. The third kappa shape index (κ3) is 4.24. The maximum Gasteiger partial charge on any atom is 0.274 e. The van der Waals surface area contributed by atoms with E-state index in [-0.39, 0.29) is 11.8 Å². The third-order valence-electron chi connectivity index (χ3n) is 4.87. The van der Waals surface area contributed by atoms with Crippen molar-refractivity contribution in [3.63, 3.8) is 0 Å². The lowest BCUT2D eigenvalue weighted by molar-refractivity contribution is 0.0844. The van der Waals surface area contributed by atoms with E-state index in [0.717, 1.165) is 24.2 Å². The van der Waals surface area contributed by atoms with Crippen LogP contribution in [0.25, 0.3) is 11.5 Å². The maximum atomic E-state index is 12.9. The number of ether oxygens (including phenoxy) is 2. The highest BCUT2D eigenvalue weighted by molar-refractivity contribution is 6.03. The van der Waals surface area contributed by atoms with Crippen LogP contribution in [0.15, 0.2) is 36.9 Å². The van der Waals surface area contributed by atoms with Gasteiger partial charge < -0.3 is 19.4 Å². The molecular weight excluding hydrogens is 372 g/mol. The largest absolute Gasteiger partial charge is 0.481 e. The average Bonchev–Trinajstić information content (AvgIpc) is 3.20. The molecule has 29 heavy (non-hydrogen) atoms. The van der Waals surface area contributed by atoms with E-state index in [0.29, 0.717) is 36.3 Å². The number of carbonyl (C=O) groups is 1. The highest BCUT2D eigenvalue weighted by atomic mass is 16.5. The van der Waals surface area contributed by atoms with Gasteiger partial charge in [-0.1, -0.05) is 0 Å². The van der Waals surface area contributed by atoms with Crippen molar-refractivity contribution in [2.24, 2.45) is 7.05 Å². The fourth-order valence-corrected chi connectivity index (χ4v) is 3.24. The monoisotopic (exact) mass is 394 g/mol. The van der Waals surface area contributed by atoms with Gasteiger partial charge in [-0.05, 0) is 25.0 Å². The maximum absolute atomic E-state index is 12.9. The molecule has 9 nitrogen and oxygen atoms in total. The number of imidazole rings is 1. The molecule has 3 aromatic rings. The molecule has 1 saturated heterocycles. The Hall–Kier alpha value is -3.33. The fourth-order valence-electron chi connectivity index (χ4n) is 3.24. The normalized spacial score (nSPS) is 14.6. The quantitative estimate of drug-likeness (QED) is 0.709. The minimum absolute atomic E-state index is 0.230. The van der Waals surface area contributed by atoms with Gasteiger partial charge in [0.15, 0.2) is 5.82 Å². The Bertz CT molecular complexity index is 996. The van der Waals surface area contributed by atoms with Gasteiger partial charge in [-0.25, -0.2) is 19.9 Å². The molecular formula is C20H22N6O3. The van der Waals surface area contributed by atoms with Gasteiger partial charge in [0.25, 0.3) is 5.91 Å². The summed E-state index contributed by atoms with van der Waals surface area (Å²) in [6.45, 7) is 1.38. The second-order valence-corrected chi connectivity index (χ2v) is 6.82. The summed E-state index contributed by atoms with van der Waals surface area (Å²) < 4.78 is 12.3. The second-order valence-electron chi connectivity index (χ2n) is 6.82. The van der Waals surface area contributed by atoms with Gasteiger partial charge in [0.2, 0.25) is 5.88 Å². The average molecular weight is 394 g/mol. The molecule has 1 N–H and O–H groups in total. The number of hydrogen-bond acceptors (Lipinski definition) is 7. The van der Waals surface area contributed by atoms with E-state index >= 15 is 0 Å². The zero-order valence-electron chi connectivity index (χ0n) is 16.3. The van der Waals surface area contributed by atoms with Crippen LogP contribution in [0.3, 0.4) is 0 Å². The van der Waals surface area contributed by atoms with Gasteiger partial charge in [0.1, 0.15) is 11.4 Å². The predicted molar refractivity (Wildman–Crippen MR) is 106 cm³/mol. The summed E-state index contributed by atoms with van der Waals surface area (Å²) in [7, 11) is 3.41. The van der Waals surface area contributed by atoms with Crippen molar-refractivity contribution < 1.29 is 14.3 Å². The van der Waals surface area contributed by atoms with Crippen molar-refractivity contribution >= 4 is 11.6 Å². The number of amides is 1. The summed E-state index contributed by atoms with van der Waals surface area (Å²) >= 11 is 0. The van der Waals surface area contributed by atoms with Crippen molar-refractivity contribution in [1.29, 1.82) is 0 Å². The third-order valence-corrected chi connectivity index (χ3v) is 4.87. The van der Waals surface area contributed by atoms with E-state index in [1.807, 2.05) is 11.6 Å². The van der Waals surface area contributed by atoms with E-state index in [1.165, 1.54) is 0 Å². The molecule has 1 aliphatic rings. The lowest BCUT2D eigenvalue weighted by Crippen LogP contribution is -2.19. The molecule has 0 radical (unpaired) electrons. The summed E-state index contributed by atoms with van der Waals surface area (Å²) in [5, 5.41) is 2.83. The molecule has 0 aromatic carbocycles. The van der Waals surface area contributed by atoms with E-state index < -0.39 is 0 Å². The zero-order valence-corrected chi connectivity index (χ0v) is 16.3. The Morgan fingerprint density at radius 3 is 2.72 bits per heavy atom. The van der Waals surface area contributed by atoms with Crippen LogP contribution in [-0.4, -0.2) is 50.7 Å². The molecule has 0 saturated carbocycles. The number of aryl methyl sites for hydroxylation is 1. The number of anilines is 1. The number of nitrogens with one attached hydrogen (secondary N) is 1. The number of hydrogen-bond donors (Lipinski definition) is 1. The minimum atomic E-state index is -0.323. The van der Waals surface area contributed by atoms with Crippen molar-refractivity contribution in [1.82, 2.24) is 24.5 Å². The van der Waals surface area contributed by atoms with Crippen molar-refractivity contribution in [2.45, 2.75) is 18.8 Å². The molecule has 150 valence electrons. The van der Waals surface area contributed by atoms with Crippen LogP contribution in [-0.2, 0) is 11.8 Å². The van der Waals surface area contributed by atoms with E-state index in [2.05, 4.69) is 20.3 Å². The number of nitrogens with zero attached hydrogens (tertiary/aromatic N) is 5. The highest BCUT2D eigenvalue weighted by Crippen LogP contribution is 2.28. The highest BCUT2D eigenvalue weighted by Gasteiger charge is 2.22. The molecule has 0 atom stereocenters. The van der Waals surface area contributed by atoms with Crippen LogP contribution in [0.2, 0.25) is 0 Å². The summed E-state index contributed by atoms with van der Waals surface area (Å²) in [4.78, 5) is 30.4. The zero-order chi connectivity index (χ0) is 20.2. The molecule has 1 fully saturated rings. The number of methoxy groups -OCH3 is 1. The molecule has 0 unspecified atom stereocenters. The molecule has 0 aliphatic carbocycles. The van der Waals surface area contributed by atoms with Crippen LogP contribution in [0.5, 0.6) is 5.88 Å². The first-order chi connectivity index (χ1) is 14.1. The molecule has 4 rings (SSSR count). The predicted octanol–water partition coefficient (Wildman–Crippen LogP) is 2.43.